The zero-order chi connectivity index (χ0) is 9.84. The van der Waals surface area contributed by atoms with Gasteiger partial charge in [-0.3, -0.25) is 4.79 Å². The summed E-state index contributed by atoms with van der Waals surface area (Å²) in [4.78, 5) is 11.5. The van der Waals surface area contributed by atoms with Crippen LogP contribution in [-0.4, -0.2) is 36.8 Å². The fourth-order valence-corrected chi connectivity index (χ4v) is 1.54. The van der Waals surface area contributed by atoms with E-state index in [4.69, 9.17) is 5.11 Å². The molecule has 0 aromatic heterocycles. The molecule has 1 fully saturated rings. The number of hydrogen-bond acceptors (Lipinski definition) is 3. The molecule has 0 spiro atoms. The summed E-state index contributed by atoms with van der Waals surface area (Å²) in [5.41, 5.74) is 0. The maximum atomic E-state index is 11.5. The van der Waals surface area contributed by atoms with Gasteiger partial charge in [-0.1, -0.05) is 6.92 Å². The number of amides is 1. The zero-order valence-corrected chi connectivity index (χ0v) is 8.21. The van der Waals surface area contributed by atoms with Crippen LogP contribution >= 0.6 is 0 Å². The van der Waals surface area contributed by atoms with Crippen molar-refractivity contribution in [2.24, 2.45) is 11.8 Å². The first-order valence-corrected chi connectivity index (χ1v) is 4.77. The molecule has 1 saturated heterocycles. The molecule has 1 aliphatic rings. The number of rotatable bonds is 3. The Kier molecular flexibility index (Phi) is 3.69. The van der Waals surface area contributed by atoms with Gasteiger partial charge in [0, 0.05) is 13.1 Å². The minimum absolute atomic E-state index is 0.0541. The Labute approximate surface area is 78.7 Å². The Bertz CT molecular complexity index is 182. The third kappa shape index (κ3) is 2.97. The Balaban J connectivity index is 2.30. The molecule has 0 saturated carbocycles. The molecule has 0 aliphatic carbocycles. The summed E-state index contributed by atoms with van der Waals surface area (Å²) in [6.07, 6.45) is -0.464. The van der Waals surface area contributed by atoms with Crippen molar-refractivity contribution in [2.45, 2.75) is 20.0 Å². The number of carbonyl (C=O) groups is 1. The van der Waals surface area contributed by atoms with Crippen molar-refractivity contribution >= 4 is 5.91 Å². The number of hydrogen-bond donors (Lipinski definition) is 3. The molecule has 1 amide bonds. The molecule has 13 heavy (non-hydrogen) atoms. The van der Waals surface area contributed by atoms with Crippen molar-refractivity contribution < 1.29 is 9.90 Å². The Morgan fingerprint density at radius 3 is 2.85 bits per heavy atom. The van der Waals surface area contributed by atoms with Crippen LogP contribution in [-0.2, 0) is 4.79 Å². The van der Waals surface area contributed by atoms with Crippen LogP contribution in [0.25, 0.3) is 0 Å². The summed E-state index contributed by atoms with van der Waals surface area (Å²) in [7, 11) is 0. The van der Waals surface area contributed by atoms with Gasteiger partial charge >= 0.3 is 0 Å². The van der Waals surface area contributed by atoms with E-state index >= 15 is 0 Å². The van der Waals surface area contributed by atoms with E-state index in [-0.39, 0.29) is 11.8 Å². The maximum absolute atomic E-state index is 11.5. The summed E-state index contributed by atoms with van der Waals surface area (Å²) >= 11 is 0. The second kappa shape index (κ2) is 4.58. The highest BCUT2D eigenvalue weighted by Crippen LogP contribution is 2.15. The van der Waals surface area contributed by atoms with Crippen molar-refractivity contribution in [1.82, 2.24) is 10.6 Å². The van der Waals surface area contributed by atoms with E-state index in [9.17, 15) is 4.79 Å². The molecule has 0 radical (unpaired) electrons. The zero-order valence-electron chi connectivity index (χ0n) is 8.21. The highest BCUT2D eigenvalue weighted by atomic mass is 16.3. The van der Waals surface area contributed by atoms with E-state index in [1.165, 1.54) is 0 Å². The van der Waals surface area contributed by atoms with Gasteiger partial charge in [-0.05, 0) is 19.4 Å². The fourth-order valence-electron chi connectivity index (χ4n) is 1.54. The summed E-state index contributed by atoms with van der Waals surface area (Å²) < 4.78 is 0. The number of aliphatic hydroxyl groups excluding tert-OH is 1. The van der Waals surface area contributed by atoms with Crippen LogP contribution in [0.2, 0.25) is 0 Å². The second-order valence-corrected chi connectivity index (χ2v) is 3.84. The quantitative estimate of drug-likeness (QED) is 0.548. The third-order valence-corrected chi connectivity index (χ3v) is 2.43. The van der Waals surface area contributed by atoms with Crippen molar-refractivity contribution in [3.8, 4) is 0 Å². The number of nitrogens with one attached hydrogen (secondary N) is 2. The molecule has 0 aromatic carbocycles. The van der Waals surface area contributed by atoms with E-state index in [2.05, 4.69) is 17.6 Å². The lowest BCUT2D eigenvalue weighted by Gasteiger charge is -2.14. The smallest absolute Gasteiger partial charge is 0.224 e. The Hall–Kier alpha value is -0.610. The predicted octanol–water partition coefficient (Wildman–Crippen LogP) is -0.661. The first-order chi connectivity index (χ1) is 6.11. The fraction of sp³-hybridized carbons (Fsp3) is 0.889. The molecule has 3 N–H and O–H groups in total. The van der Waals surface area contributed by atoms with E-state index in [0.29, 0.717) is 12.5 Å². The normalized spacial score (nSPS) is 30.1. The number of aliphatic hydroxyl groups is 1. The molecular weight excluding hydrogens is 168 g/mol. The van der Waals surface area contributed by atoms with E-state index in [0.717, 1.165) is 13.1 Å². The van der Waals surface area contributed by atoms with E-state index in [1.807, 2.05) is 0 Å². The SMILES string of the molecule is CC1CNCC1C(=O)NC[C@H](C)O. The monoisotopic (exact) mass is 186 g/mol. The highest BCUT2D eigenvalue weighted by Gasteiger charge is 2.29. The standard InChI is InChI=1S/C9H18N2O2/c1-6-3-10-5-8(6)9(13)11-4-7(2)12/h6-8,10,12H,3-5H2,1-2H3,(H,11,13)/t6?,7-,8?/m0/s1. The summed E-state index contributed by atoms with van der Waals surface area (Å²) in [5.74, 6) is 0.520. The molecule has 0 aromatic rings. The lowest BCUT2D eigenvalue weighted by atomic mass is 9.97. The minimum atomic E-state index is -0.464. The molecule has 4 heteroatoms. The van der Waals surface area contributed by atoms with Crippen molar-refractivity contribution in [3.05, 3.63) is 0 Å². The van der Waals surface area contributed by atoms with Crippen LogP contribution in [0.3, 0.4) is 0 Å². The van der Waals surface area contributed by atoms with Gasteiger partial charge in [-0.15, -0.1) is 0 Å². The molecular formula is C9H18N2O2. The van der Waals surface area contributed by atoms with Gasteiger partial charge in [0.25, 0.3) is 0 Å². The third-order valence-electron chi connectivity index (χ3n) is 2.43. The van der Waals surface area contributed by atoms with Gasteiger partial charge < -0.3 is 15.7 Å². The van der Waals surface area contributed by atoms with Crippen LogP contribution in [0.15, 0.2) is 0 Å². The van der Waals surface area contributed by atoms with Crippen LogP contribution < -0.4 is 10.6 Å². The first-order valence-electron chi connectivity index (χ1n) is 4.77. The summed E-state index contributed by atoms with van der Waals surface area (Å²) in [6, 6.07) is 0. The van der Waals surface area contributed by atoms with Crippen LogP contribution in [0.1, 0.15) is 13.8 Å². The average molecular weight is 186 g/mol. The lowest BCUT2D eigenvalue weighted by molar-refractivity contribution is -0.125. The van der Waals surface area contributed by atoms with Crippen molar-refractivity contribution in [1.29, 1.82) is 0 Å². The molecule has 3 atom stereocenters. The van der Waals surface area contributed by atoms with Gasteiger partial charge in [0.2, 0.25) is 5.91 Å². The number of carbonyl (C=O) groups excluding carboxylic acids is 1. The molecule has 76 valence electrons. The Morgan fingerprint density at radius 1 is 1.69 bits per heavy atom. The molecule has 2 unspecified atom stereocenters. The molecule has 1 heterocycles. The van der Waals surface area contributed by atoms with Crippen molar-refractivity contribution in [3.63, 3.8) is 0 Å². The van der Waals surface area contributed by atoms with Gasteiger partial charge in [-0.2, -0.15) is 0 Å². The van der Waals surface area contributed by atoms with Gasteiger partial charge in [0.1, 0.15) is 0 Å². The predicted molar refractivity (Wildman–Crippen MR) is 50.2 cm³/mol. The van der Waals surface area contributed by atoms with Crippen LogP contribution in [0.5, 0.6) is 0 Å². The van der Waals surface area contributed by atoms with Crippen molar-refractivity contribution in [2.75, 3.05) is 19.6 Å². The maximum Gasteiger partial charge on any atom is 0.224 e. The topological polar surface area (TPSA) is 61.4 Å². The molecule has 1 aliphatic heterocycles. The summed E-state index contributed by atoms with van der Waals surface area (Å²) in [5, 5.41) is 14.9. The van der Waals surface area contributed by atoms with Gasteiger partial charge in [0.15, 0.2) is 0 Å². The Morgan fingerprint density at radius 2 is 2.38 bits per heavy atom. The van der Waals surface area contributed by atoms with Gasteiger partial charge in [0.05, 0.1) is 12.0 Å². The average Bonchev–Trinajstić information content (AvgIpc) is 2.47. The lowest BCUT2D eigenvalue weighted by Crippen LogP contribution is -2.37. The van der Waals surface area contributed by atoms with Crippen LogP contribution in [0, 0.1) is 11.8 Å². The minimum Gasteiger partial charge on any atom is -0.392 e. The second-order valence-electron chi connectivity index (χ2n) is 3.84. The van der Waals surface area contributed by atoms with Crippen LogP contribution in [0.4, 0.5) is 0 Å². The first kappa shape index (κ1) is 10.5. The molecule has 4 nitrogen and oxygen atoms in total. The highest BCUT2D eigenvalue weighted by molar-refractivity contribution is 5.79. The van der Waals surface area contributed by atoms with Gasteiger partial charge in [-0.25, -0.2) is 0 Å². The molecule has 0 bridgehead atoms. The molecule has 1 rings (SSSR count). The van der Waals surface area contributed by atoms with E-state index < -0.39 is 6.10 Å². The summed E-state index contributed by atoms with van der Waals surface area (Å²) in [6.45, 7) is 5.74. The van der Waals surface area contributed by atoms with E-state index in [1.54, 1.807) is 6.92 Å². The largest absolute Gasteiger partial charge is 0.392 e.